The van der Waals surface area contributed by atoms with E-state index in [1.54, 1.807) is 14.1 Å². The standard InChI is InChI=1S/C15H24N4O/c1-11(2)19-15(17-4)18-9-8-12-6-5-7-13(10-12)14(20)16-3/h5-7,10-11H,8-9H2,1-4H3,(H,16,20)(H2,17,18,19). The Morgan fingerprint density at radius 1 is 1.35 bits per heavy atom. The van der Waals surface area contributed by atoms with E-state index in [-0.39, 0.29) is 5.91 Å². The second kappa shape index (κ2) is 8.19. The van der Waals surface area contributed by atoms with Crippen molar-refractivity contribution >= 4 is 11.9 Å². The van der Waals surface area contributed by atoms with Gasteiger partial charge in [0.2, 0.25) is 0 Å². The highest BCUT2D eigenvalue weighted by Gasteiger charge is 2.04. The normalized spacial score (nSPS) is 11.3. The van der Waals surface area contributed by atoms with Gasteiger partial charge in [0.1, 0.15) is 0 Å². The van der Waals surface area contributed by atoms with E-state index < -0.39 is 0 Å². The van der Waals surface area contributed by atoms with Gasteiger partial charge in [-0.3, -0.25) is 9.79 Å². The molecule has 20 heavy (non-hydrogen) atoms. The van der Waals surface area contributed by atoms with Crippen molar-refractivity contribution in [3.63, 3.8) is 0 Å². The molecule has 0 bridgehead atoms. The van der Waals surface area contributed by atoms with Gasteiger partial charge in [0, 0.05) is 32.2 Å². The van der Waals surface area contributed by atoms with E-state index in [0.717, 1.165) is 24.5 Å². The average molecular weight is 276 g/mol. The Kier molecular flexibility index (Phi) is 6.56. The number of amides is 1. The van der Waals surface area contributed by atoms with E-state index in [1.165, 1.54) is 0 Å². The minimum atomic E-state index is -0.0582. The molecule has 0 aromatic heterocycles. The monoisotopic (exact) mass is 276 g/mol. The molecule has 0 radical (unpaired) electrons. The van der Waals surface area contributed by atoms with Gasteiger partial charge in [0.05, 0.1) is 0 Å². The summed E-state index contributed by atoms with van der Waals surface area (Å²) in [5.41, 5.74) is 1.81. The molecule has 0 aliphatic rings. The molecular weight excluding hydrogens is 252 g/mol. The summed E-state index contributed by atoms with van der Waals surface area (Å²) < 4.78 is 0. The number of rotatable bonds is 5. The van der Waals surface area contributed by atoms with Crippen LogP contribution in [-0.4, -0.2) is 38.5 Å². The maximum atomic E-state index is 11.6. The molecule has 0 aliphatic carbocycles. The number of nitrogens with one attached hydrogen (secondary N) is 3. The van der Waals surface area contributed by atoms with Gasteiger partial charge in [-0.25, -0.2) is 0 Å². The SMILES string of the molecule is CN=C(NCCc1cccc(C(=O)NC)c1)NC(C)C. The molecule has 0 aliphatic heterocycles. The molecule has 1 aromatic rings. The van der Waals surface area contributed by atoms with Crippen LogP contribution in [0, 0.1) is 0 Å². The molecule has 0 heterocycles. The zero-order valence-electron chi connectivity index (χ0n) is 12.7. The van der Waals surface area contributed by atoms with Gasteiger partial charge < -0.3 is 16.0 Å². The number of aliphatic imine (C=N–C) groups is 1. The van der Waals surface area contributed by atoms with E-state index in [0.29, 0.717) is 11.6 Å². The van der Waals surface area contributed by atoms with Gasteiger partial charge in [-0.05, 0) is 38.0 Å². The summed E-state index contributed by atoms with van der Waals surface area (Å²) in [4.78, 5) is 15.7. The molecule has 5 heteroatoms. The summed E-state index contributed by atoms with van der Waals surface area (Å²) in [7, 11) is 3.39. The molecule has 1 aromatic carbocycles. The molecule has 5 nitrogen and oxygen atoms in total. The van der Waals surface area contributed by atoms with Crippen LogP contribution in [0.2, 0.25) is 0 Å². The lowest BCUT2D eigenvalue weighted by atomic mass is 10.1. The Morgan fingerprint density at radius 2 is 2.10 bits per heavy atom. The van der Waals surface area contributed by atoms with Crippen molar-refractivity contribution in [1.82, 2.24) is 16.0 Å². The van der Waals surface area contributed by atoms with Gasteiger partial charge >= 0.3 is 0 Å². The van der Waals surface area contributed by atoms with Crippen molar-refractivity contribution < 1.29 is 4.79 Å². The summed E-state index contributed by atoms with van der Waals surface area (Å²) in [5.74, 6) is 0.736. The van der Waals surface area contributed by atoms with Crippen LogP contribution in [0.3, 0.4) is 0 Å². The van der Waals surface area contributed by atoms with E-state index >= 15 is 0 Å². The first-order chi connectivity index (χ1) is 9.56. The minimum Gasteiger partial charge on any atom is -0.356 e. The molecular formula is C15H24N4O. The summed E-state index contributed by atoms with van der Waals surface area (Å²) >= 11 is 0. The van der Waals surface area contributed by atoms with Crippen molar-refractivity contribution in [3.8, 4) is 0 Å². The van der Waals surface area contributed by atoms with Crippen LogP contribution < -0.4 is 16.0 Å². The van der Waals surface area contributed by atoms with Crippen molar-refractivity contribution in [2.24, 2.45) is 4.99 Å². The summed E-state index contributed by atoms with van der Waals surface area (Å²) in [5, 5.41) is 9.11. The van der Waals surface area contributed by atoms with E-state index in [1.807, 2.05) is 24.3 Å². The highest BCUT2D eigenvalue weighted by molar-refractivity contribution is 5.94. The van der Waals surface area contributed by atoms with Crippen LogP contribution >= 0.6 is 0 Å². The molecule has 0 unspecified atom stereocenters. The molecule has 1 amide bonds. The fraction of sp³-hybridized carbons (Fsp3) is 0.467. The first kappa shape index (κ1) is 16.0. The molecule has 110 valence electrons. The van der Waals surface area contributed by atoms with Gasteiger partial charge in [-0.2, -0.15) is 0 Å². The Labute approximate surface area is 120 Å². The molecule has 3 N–H and O–H groups in total. The number of carbonyl (C=O) groups excluding carboxylic acids is 1. The molecule has 1 rings (SSSR count). The van der Waals surface area contributed by atoms with Gasteiger partial charge in [0.15, 0.2) is 5.96 Å². The van der Waals surface area contributed by atoms with E-state index in [4.69, 9.17) is 0 Å². The molecule has 0 spiro atoms. The Morgan fingerprint density at radius 3 is 2.70 bits per heavy atom. The predicted octanol–water partition coefficient (Wildman–Crippen LogP) is 1.16. The van der Waals surface area contributed by atoms with Crippen LogP contribution in [0.1, 0.15) is 29.8 Å². The molecule has 0 saturated carbocycles. The van der Waals surface area contributed by atoms with Crippen molar-refractivity contribution in [2.45, 2.75) is 26.3 Å². The van der Waals surface area contributed by atoms with Crippen molar-refractivity contribution in [2.75, 3.05) is 20.6 Å². The van der Waals surface area contributed by atoms with Gasteiger partial charge in [-0.15, -0.1) is 0 Å². The largest absolute Gasteiger partial charge is 0.356 e. The summed E-state index contributed by atoms with van der Waals surface area (Å²) in [6.45, 7) is 4.91. The Bertz CT molecular complexity index is 469. The number of hydrogen-bond donors (Lipinski definition) is 3. The number of nitrogens with zero attached hydrogens (tertiary/aromatic N) is 1. The van der Waals surface area contributed by atoms with Crippen LogP contribution in [0.5, 0.6) is 0 Å². The number of benzene rings is 1. The number of carbonyl (C=O) groups is 1. The number of hydrogen-bond acceptors (Lipinski definition) is 2. The minimum absolute atomic E-state index is 0.0582. The first-order valence-electron chi connectivity index (χ1n) is 6.85. The zero-order valence-corrected chi connectivity index (χ0v) is 12.7. The Hall–Kier alpha value is -2.04. The van der Waals surface area contributed by atoms with Crippen molar-refractivity contribution in [1.29, 1.82) is 0 Å². The van der Waals surface area contributed by atoms with E-state index in [9.17, 15) is 4.79 Å². The van der Waals surface area contributed by atoms with Gasteiger partial charge in [0.25, 0.3) is 5.91 Å². The second-order valence-electron chi connectivity index (χ2n) is 4.83. The third-order valence-corrected chi connectivity index (χ3v) is 2.77. The maximum absolute atomic E-state index is 11.6. The highest BCUT2D eigenvalue weighted by Crippen LogP contribution is 2.05. The smallest absolute Gasteiger partial charge is 0.251 e. The predicted molar refractivity (Wildman–Crippen MR) is 83.2 cm³/mol. The zero-order chi connectivity index (χ0) is 15.0. The van der Waals surface area contributed by atoms with Crippen LogP contribution in [0.25, 0.3) is 0 Å². The Balaban J connectivity index is 2.51. The van der Waals surface area contributed by atoms with Crippen LogP contribution in [0.15, 0.2) is 29.3 Å². The lowest BCUT2D eigenvalue weighted by Crippen LogP contribution is -2.41. The molecule has 0 fully saturated rings. The molecule has 0 atom stereocenters. The average Bonchev–Trinajstić information content (AvgIpc) is 2.45. The van der Waals surface area contributed by atoms with Crippen LogP contribution in [0.4, 0.5) is 0 Å². The first-order valence-corrected chi connectivity index (χ1v) is 6.85. The van der Waals surface area contributed by atoms with E-state index in [2.05, 4.69) is 34.8 Å². The third-order valence-electron chi connectivity index (χ3n) is 2.77. The fourth-order valence-corrected chi connectivity index (χ4v) is 1.81. The lowest BCUT2D eigenvalue weighted by molar-refractivity contribution is 0.0963. The maximum Gasteiger partial charge on any atom is 0.251 e. The summed E-state index contributed by atoms with van der Waals surface area (Å²) in [6, 6.07) is 8.00. The lowest BCUT2D eigenvalue weighted by Gasteiger charge is -2.14. The molecule has 0 saturated heterocycles. The van der Waals surface area contributed by atoms with Gasteiger partial charge in [-0.1, -0.05) is 12.1 Å². The summed E-state index contributed by atoms with van der Waals surface area (Å²) in [6.07, 6.45) is 0.837. The quantitative estimate of drug-likeness (QED) is 0.558. The fourth-order valence-electron chi connectivity index (χ4n) is 1.81. The highest BCUT2D eigenvalue weighted by atomic mass is 16.1. The topological polar surface area (TPSA) is 65.5 Å². The second-order valence-corrected chi connectivity index (χ2v) is 4.83. The third kappa shape index (κ3) is 5.30. The number of guanidine groups is 1. The van der Waals surface area contributed by atoms with Crippen LogP contribution in [-0.2, 0) is 6.42 Å². The van der Waals surface area contributed by atoms with Crippen molar-refractivity contribution in [3.05, 3.63) is 35.4 Å².